The first-order chi connectivity index (χ1) is 7.85. The minimum Gasteiger partial charge on any atom is -0.306 e. The van der Waals surface area contributed by atoms with Gasteiger partial charge in [0.1, 0.15) is 0 Å². The zero-order chi connectivity index (χ0) is 11.4. The van der Waals surface area contributed by atoms with Gasteiger partial charge in [0.25, 0.3) is 0 Å². The van der Waals surface area contributed by atoms with Gasteiger partial charge in [-0.2, -0.15) is 0 Å². The Hall–Kier alpha value is -1.74. The van der Waals surface area contributed by atoms with Crippen LogP contribution in [0.2, 0.25) is 0 Å². The van der Waals surface area contributed by atoms with Crippen LogP contribution in [0.3, 0.4) is 0 Å². The Bertz CT molecular complexity index is 493. The van der Waals surface area contributed by atoms with Crippen molar-refractivity contribution < 1.29 is 0 Å². The quantitative estimate of drug-likeness (QED) is 0.793. The predicted molar refractivity (Wildman–Crippen MR) is 66.2 cm³/mol. The molecule has 0 aliphatic carbocycles. The van der Waals surface area contributed by atoms with E-state index in [2.05, 4.69) is 28.8 Å². The molecule has 1 aromatic carbocycles. The summed E-state index contributed by atoms with van der Waals surface area (Å²) in [5, 5.41) is 3.29. The predicted octanol–water partition coefficient (Wildman–Crippen LogP) is 2.47. The Morgan fingerprint density at radius 2 is 2.12 bits per heavy atom. The van der Waals surface area contributed by atoms with Crippen molar-refractivity contribution >= 4 is 11.0 Å². The number of para-hydroxylation sites is 2. The van der Waals surface area contributed by atoms with E-state index in [0.717, 1.165) is 23.3 Å². The van der Waals surface area contributed by atoms with Gasteiger partial charge < -0.3 is 5.32 Å². The normalized spacial score (nSPS) is 12.6. The lowest BCUT2D eigenvalue weighted by Gasteiger charge is -2.12. The maximum absolute atomic E-state index is 4.57. The topological polar surface area (TPSA) is 37.8 Å². The minimum absolute atomic E-state index is 0.0714. The maximum Gasteiger partial charge on any atom is 0.0890 e. The third kappa shape index (κ3) is 2.09. The standard InChI is InChI=1S/C13H15N3/c1-3-10(14-4-2)13-9-15-11-7-5-6-8-12(11)16-13/h3,5-10,14H,1,4H2,2H3. The van der Waals surface area contributed by atoms with Gasteiger partial charge in [-0.3, -0.25) is 4.98 Å². The molecule has 82 valence electrons. The van der Waals surface area contributed by atoms with E-state index in [0.29, 0.717) is 0 Å². The second kappa shape index (κ2) is 4.86. The maximum atomic E-state index is 4.57. The first kappa shape index (κ1) is 10.8. The van der Waals surface area contributed by atoms with Crippen molar-refractivity contribution in [3.63, 3.8) is 0 Å². The Morgan fingerprint density at radius 3 is 2.81 bits per heavy atom. The fraction of sp³-hybridized carbons (Fsp3) is 0.231. The highest BCUT2D eigenvalue weighted by molar-refractivity contribution is 5.73. The van der Waals surface area contributed by atoms with Crippen molar-refractivity contribution in [1.82, 2.24) is 15.3 Å². The molecule has 0 aliphatic rings. The first-order valence-corrected chi connectivity index (χ1v) is 5.42. The summed E-state index contributed by atoms with van der Waals surface area (Å²) in [5.74, 6) is 0. The van der Waals surface area contributed by atoms with Crippen LogP contribution in [0, 0.1) is 0 Å². The average molecular weight is 213 g/mol. The van der Waals surface area contributed by atoms with Crippen LogP contribution in [0.5, 0.6) is 0 Å². The molecule has 1 atom stereocenters. The molecule has 1 heterocycles. The Kier molecular flexibility index (Phi) is 3.27. The van der Waals surface area contributed by atoms with Crippen LogP contribution < -0.4 is 5.32 Å². The number of nitrogens with zero attached hydrogens (tertiary/aromatic N) is 2. The monoisotopic (exact) mass is 213 g/mol. The van der Waals surface area contributed by atoms with E-state index in [1.807, 2.05) is 30.3 Å². The molecule has 3 heteroatoms. The molecular formula is C13H15N3. The van der Waals surface area contributed by atoms with Gasteiger partial charge >= 0.3 is 0 Å². The van der Waals surface area contributed by atoms with Gasteiger partial charge in [-0.1, -0.05) is 25.1 Å². The smallest absolute Gasteiger partial charge is 0.0890 e. The summed E-state index contributed by atoms with van der Waals surface area (Å²) >= 11 is 0. The molecule has 1 N–H and O–H groups in total. The van der Waals surface area contributed by atoms with Gasteiger partial charge in [0.2, 0.25) is 0 Å². The van der Waals surface area contributed by atoms with E-state index in [1.165, 1.54) is 0 Å². The van der Waals surface area contributed by atoms with Crippen molar-refractivity contribution in [2.75, 3.05) is 6.54 Å². The number of likely N-dealkylation sites (N-methyl/N-ethyl adjacent to an activating group) is 1. The number of nitrogens with one attached hydrogen (secondary N) is 1. The zero-order valence-electron chi connectivity index (χ0n) is 9.35. The van der Waals surface area contributed by atoms with Crippen LogP contribution in [0.1, 0.15) is 18.7 Å². The van der Waals surface area contributed by atoms with Crippen LogP contribution >= 0.6 is 0 Å². The summed E-state index contributed by atoms with van der Waals surface area (Å²) in [6.45, 7) is 6.75. The molecule has 16 heavy (non-hydrogen) atoms. The Labute approximate surface area is 95.2 Å². The van der Waals surface area contributed by atoms with E-state index in [1.54, 1.807) is 6.20 Å². The lowest BCUT2D eigenvalue weighted by Crippen LogP contribution is -2.19. The van der Waals surface area contributed by atoms with E-state index < -0.39 is 0 Å². The van der Waals surface area contributed by atoms with Gasteiger partial charge in [-0.25, -0.2) is 4.98 Å². The van der Waals surface area contributed by atoms with Crippen molar-refractivity contribution in [3.05, 3.63) is 48.8 Å². The van der Waals surface area contributed by atoms with E-state index >= 15 is 0 Å². The van der Waals surface area contributed by atoms with E-state index in [9.17, 15) is 0 Å². The number of hydrogen-bond donors (Lipinski definition) is 1. The van der Waals surface area contributed by atoms with Gasteiger partial charge in [-0.05, 0) is 18.7 Å². The van der Waals surface area contributed by atoms with Crippen LogP contribution in [0.15, 0.2) is 43.1 Å². The van der Waals surface area contributed by atoms with Gasteiger partial charge in [0.05, 0.1) is 29.0 Å². The second-order valence-electron chi connectivity index (χ2n) is 3.55. The molecule has 3 nitrogen and oxygen atoms in total. The van der Waals surface area contributed by atoms with Crippen molar-refractivity contribution in [1.29, 1.82) is 0 Å². The van der Waals surface area contributed by atoms with E-state index in [4.69, 9.17) is 0 Å². The van der Waals surface area contributed by atoms with Crippen molar-refractivity contribution in [3.8, 4) is 0 Å². The highest BCUT2D eigenvalue weighted by Crippen LogP contribution is 2.14. The number of benzene rings is 1. The van der Waals surface area contributed by atoms with Crippen molar-refractivity contribution in [2.45, 2.75) is 13.0 Å². The molecule has 0 bridgehead atoms. The molecule has 0 fully saturated rings. The third-order valence-electron chi connectivity index (χ3n) is 2.45. The molecule has 0 aliphatic heterocycles. The lowest BCUT2D eigenvalue weighted by atomic mass is 10.2. The van der Waals surface area contributed by atoms with Gasteiger partial charge in [-0.15, -0.1) is 6.58 Å². The Morgan fingerprint density at radius 1 is 1.38 bits per heavy atom. The number of fused-ring (bicyclic) bond motifs is 1. The van der Waals surface area contributed by atoms with Crippen molar-refractivity contribution in [2.24, 2.45) is 0 Å². The molecular weight excluding hydrogens is 198 g/mol. The minimum atomic E-state index is 0.0714. The zero-order valence-corrected chi connectivity index (χ0v) is 9.35. The molecule has 2 aromatic rings. The molecule has 2 rings (SSSR count). The van der Waals surface area contributed by atoms with Gasteiger partial charge in [0, 0.05) is 0 Å². The summed E-state index contributed by atoms with van der Waals surface area (Å²) in [7, 11) is 0. The van der Waals surface area contributed by atoms with Crippen LogP contribution in [0.4, 0.5) is 0 Å². The molecule has 0 saturated carbocycles. The fourth-order valence-corrected chi connectivity index (χ4v) is 1.65. The van der Waals surface area contributed by atoms with Crippen LogP contribution in [0.25, 0.3) is 11.0 Å². The molecule has 0 radical (unpaired) electrons. The largest absolute Gasteiger partial charge is 0.306 e. The number of aromatic nitrogens is 2. The summed E-state index contributed by atoms with van der Waals surface area (Å²) < 4.78 is 0. The van der Waals surface area contributed by atoms with Gasteiger partial charge in [0.15, 0.2) is 0 Å². The van der Waals surface area contributed by atoms with E-state index in [-0.39, 0.29) is 6.04 Å². The Balaban J connectivity index is 2.41. The molecule has 0 amide bonds. The summed E-state index contributed by atoms with van der Waals surface area (Å²) in [4.78, 5) is 8.95. The summed E-state index contributed by atoms with van der Waals surface area (Å²) in [5.41, 5.74) is 2.76. The molecule has 0 saturated heterocycles. The fourth-order valence-electron chi connectivity index (χ4n) is 1.65. The molecule has 1 unspecified atom stereocenters. The summed E-state index contributed by atoms with van der Waals surface area (Å²) in [6.07, 6.45) is 3.65. The SMILES string of the molecule is C=CC(NCC)c1cnc2ccccc2n1. The summed E-state index contributed by atoms with van der Waals surface area (Å²) in [6, 6.07) is 7.94. The van der Waals surface area contributed by atoms with Crippen LogP contribution in [-0.2, 0) is 0 Å². The number of rotatable bonds is 4. The molecule has 1 aromatic heterocycles. The first-order valence-electron chi connectivity index (χ1n) is 5.42. The third-order valence-corrected chi connectivity index (χ3v) is 2.45. The lowest BCUT2D eigenvalue weighted by molar-refractivity contribution is 0.633. The highest BCUT2D eigenvalue weighted by atomic mass is 14.9. The molecule has 0 spiro atoms. The highest BCUT2D eigenvalue weighted by Gasteiger charge is 2.08. The second-order valence-corrected chi connectivity index (χ2v) is 3.55. The number of hydrogen-bond acceptors (Lipinski definition) is 3. The average Bonchev–Trinajstić information content (AvgIpc) is 2.35. The van der Waals surface area contributed by atoms with Crippen LogP contribution in [-0.4, -0.2) is 16.5 Å².